The molecule has 24 heavy (non-hydrogen) atoms. The van der Waals surface area contributed by atoms with Crippen LogP contribution in [0, 0.1) is 0 Å². The molecule has 0 aliphatic rings. The van der Waals surface area contributed by atoms with Gasteiger partial charge in [-0.2, -0.15) is 0 Å². The van der Waals surface area contributed by atoms with Crippen LogP contribution >= 0.6 is 39.1 Å². The first-order chi connectivity index (χ1) is 11.4. The number of nitrogens with one attached hydrogen (secondary N) is 1. The number of hydrogen-bond donors (Lipinski definition) is 1. The van der Waals surface area contributed by atoms with Gasteiger partial charge in [-0.3, -0.25) is 10.1 Å². The molecule has 1 heterocycles. The van der Waals surface area contributed by atoms with Gasteiger partial charge in [-0.1, -0.05) is 57.3 Å². The monoisotopic (exact) mass is 434 g/mol. The summed E-state index contributed by atoms with van der Waals surface area (Å²) in [5.74, 6) is -1.24. The molecule has 6 nitrogen and oxygen atoms in total. The summed E-state index contributed by atoms with van der Waals surface area (Å²) >= 11 is 15.5. The smallest absolute Gasteiger partial charge is 0.345 e. The Balaban J connectivity index is 2.55. The molecule has 128 valence electrons. The standard InChI is InChI=1S/C15H13BrCl2N2O4/c1-3-7(16)13(21)19-14-11(15(22)23-2)12(20-24-14)10-8(17)5-4-6-9(10)18/h4-7H,3H2,1-2H3,(H,19,21). The van der Waals surface area contributed by atoms with Gasteiger partial charge in [0.1, 0.15) is 5.69 Å². The summed E-state index contributed by atoms with van der Waals surface area (Å²) in [6.45, 7) is 1.83. The summed E-state index contributed by atoms with van der Waals surface area (Å²) in [5.41, 5.74) is 0.350. The van der Waals surface area contributed by atoms with E-state index >= 15 is 0 Å². The molecular weight excluding hydrogens is 423 g/mol. The van der Waals surface area contributed by atoms with E-state index in [0.717, 1.165) is 0 Å². The topological polar surface area (TPSA) is 81.4 Å². The van der Waals surface area contributed by atoms with Crippen LogP contribution in [-0.4, -0.2) is 29.0 Å². The first-order valence-electron chi connectivity index (χ1n) is 6.88. The molecule has 1 amide bonds. The molecule has 1 unspecified atom stereocenters. The maximum absolute atomic E-state index is 12.2. The number of methoxy groups -OCH3 is 1. The second-order valence-electron chi connectivity index (χ2n) is 4.69. The van der Waals surface area contributed by atoms with E-state index in [0.29, 0.717) is 12.0 Å². The van der Waals surface area contributed by atoms with Crippen molar-refractivity contribution >= 4 is 56.9 Å². The van der Waals surface area contributed by atoms with E-state index in [1.54, 1.807) is 18.2 Å². The van der Waals surface area contributed by atoms with E-state index in [-0.39, 0.29) is 33.1 Å². The minimum absolute atomic E-state index is 0.0587. The number of carbonyl (C=O) groups excluding carboxylic acids is 2. The van der Waals surface area contributed by atoms with E-state index in [9.17, 15) is 9.59 Å². The van der Waals surface area contributed by atoms with Crippen molar-refractivity contribution < 1.29 is 18.8 Å². The number of anilines is 1. The lowest BCUT2D eigenvalue weighted by molar-refractivity contribution is -0.115. The molecule has 1 aromatic carbocycles. The number of aromatic nitrogens is 1. The summed E-state index contributed by atoms with van der Waals surface area (Å²) in [4.78, 5) is 23.8. The van der Waals surface area contributed by atoms with Crippen LogP contribution in [0.1, 0.15) is 23.7 Å². The van der Waals surface area contributed by atoms with Crippen LogP contribution in [-0.2, 0) is 9.53 Å². The molecule has 2 rings (SSSR count). The van der Waals surface area contributed by atoms with E-state index < -0.39 is 10.8 Å². The third-order valence-electron chi connectivity index (χ3n) is 3.16. The molecule has 0 aliphatic heterocycles. The zero-order valence-corrected chi connectivity index (χ0v) is 15.8. The predicted octanol–water partition coefficient (Wildman–Crippen LogP) is 4.55. The van der Waals surface area contributed by atoms with Crippen molar-refractivity contribution in [2.75, 3.05) is 12.4 Å². The predicted molar refractivity (Wildman–Crippen MR) is 94.9 cm³/mol. The lowest BCUT2D eigenvalue weighted by Crippen LogP contribution is -2.23. The number of carbonyl (C=O) groups is 2. The Hall–Kier alpha value is -1.57. The van der Waals surface area contributed by atoms with Crippen LogP contribution in [0.2, 0.25) is 10.0 Å². The lowest BCUT2D eigenvalue weighted by Gasteiger charge is -2.08. The van der Waals surface area contributed by atoms with Gasteiger partial charge in [0, 0.05) is 5.56 Å². The molecule has 1 aromatic heterocycles. The number of esters is 1. The van der Waals surface area contributed by atoms with E-state index in [4.69, 9.17) is 32.5 Å². The second-order valence-corrected chi connectivity index (χ2v) is 6.61. The number of ether oxygens (including phenoxy) is 1. The summed E-state index contributed by atoms with van der Waals surface area (Å²) in [7, 11) is 1.21. The zero-order chi connectivity index (χ0) is 17.9. The minimum atomic E-state index is -0.736. The van der Waals surface area contributed by atoms with Crippen molar-refractivity contribution in [2.45, 2.75) is 18.2 Å². The van der Waals surface area contributed by atoms with Crippen LogP contribution in [0.15, 0.2) is 22.7 Å². The number of nitrogens with zero attached hydrogens (tertiary/aromatic N) is 1. The van der Waals surface area contributed by atoms with Gasteiger partial charge in [0.05, 0.1) is 22.0 Å². The molecule has 9 heteroatoms. The molecule has 0 bridgehead atoms. The third-order valence-corrected chi connectivity index (χ3v) is 4.85. The van der Waals surface area contributed by atoms with Crippen LogP contribution in [0.3, 0.4) is 0 Å². The summed E-state index contributed by atoms with van der Waals surface area (Å²) in [6.07, 6.45) is 0.552. The number of amides is 1. The Morgan fingerprint density at radius 3 is 2.54 bits per heavy atom. The summed E-state index contributed by atoms with van der Waals surface area (Å²) in [6, 6.07) is 4.86. The van der Waals surface area contributed by atoms with Gasteiger partial charge in [0.25, 0.3) is 0 Å². The van der Waals surface area contributed by atoms with Gasteiger partial charge >= 0.3 is 5.97 Å². The molecule has 0 saturated heterocycles. The Labute approximate surface area is 156 Å². The summed E-state index contributed by atoms with van der Waals surface area (Å²) < 4.78 is 9.89. The minimum Gasteiger partial charge on any atom is -0.465 e. The van der Waals surface area contributed by atoms with Gasteiger partial charge in [-0.05, 0) is 18.6 Å². The number of halogens is 3. The highest BCUT2D eigenvalue weighted by molar-refractivity contribution is 9.10. The second kappa shape index (κ2) is 8.00. The molecule has 0 saturated carbocycles. The van der Waals surface area contributed by atoms with Gasteiger partial charge in [-0.15, -0.1) is 0 Å². The lowest BCUT2D eigenvalue weighted by atomic mass is 10.1. The Morgan fingerprint density at radius 2 is 2.00 bits per heavy atom. The average Bonchev–Trinajstić information content (AvgIpc) is 2.96. The highest BCUT2D eigenvalue weighted by Gasteiger charge is 2.29. The van der Waals surface area contributed by atoms with Crippen molar-refractivity contribution in [1.29, 1.82) is 0 Å². The molecule has 0 fully saturated rings. The van der Waals surface area contributed by atoms with Crippen LogP contribution in [0.5, 0.6) is 0 Å². The van der Waals surface area contributed by atoms with Crippen LogP contribution < -0.4 is 5.32 Å². The molecule has 2 aromatic rings. The number of alkyl halides is 1. The first kappa shape index (κ1) is 18.8. The maximum atomic E-state index is 12.2. The van der Waals surface area contributed by atoms with Crippen molar-refractivity contribution in [3.8, 4) is 11.3 Å². The van der Waals surface area contributed by atoms with Crippen LogP contribution in [0.25, 0.3) is 11.3 Å². The van der Waals surface area contributed by atoms with Gasteiger partial charge in [0.2, 0.25) is 11.8 Å². The van der Waals surface area contributed by atoms with Crippen molar-refractivity contribution in [3.63, 3.8) is 0 Å². The zero-order valence-electron chi connectivity index (χ0n) is 12.7. The Bertz CT molecular complexity index is 759. The molecular formula is C15H13BrCl2N2O4. The fourth-order valence-corrected chi connectivity index (χ4v) is 2.63. The molecule has 0 radical (unpaired) electrons. The van der Waals surface area contributed by atoms with Gasteiger partial charge < -0.3 is 9.26 Å². The molecule has 1 N–H and O–H groups in total. The molecule has 1 atom stereocenters. The highest BCUT2D eigenvalue weighted by Crippen LogP contribution is 2.38. The number of hydrogen-bond acceptors (Lipinski definition) is 5. The average molecular weight is 436 g/mol. The van der Waals surface area contributed by atoms with Gasteiger partial charge in [0.15, 0.2) is 5.56 Å². The molecule has 0 aliphatic carbocycles. The van der Waals surface area contributed by atoms with Gasteiger partial charge in [-0.25, -0.2) is 4.79 Å². The molecule has 0 spiro atoms. The Kier molecular flexibility index (Phi) is 6.26. The van der Waals surface area contributed by atoms with Crippen molar-refractivity contribution in [3.05, 3.63) is 33.8 Å². The van der Waals surface area contributed by atoms with Crippen molar-refractivity contribution in [1.82, 2.24) is 5.16 Å². The fraction of sp³-hybridized carbons (Fsp3) is 0.267. The van der Waals surface area contributed by atoms with Crippen LogP contribution in [0.4, 0.5) is 5.88 Å². The quantitative estimate of drug-likeness (QED) is 0.550. The third kappa shape index (κ3) is 3.74. The van der Waals surface area contributed by atoms with Crippen molar-refractivity contribution in [2.24, 2.45) is 0 Å². The highest BCUT2D eigenvalue weighted by atomic mass is 79.9. The normalized spacial score (nSPS) is 11.9. The van der Waals surface area contributed by atoms with E-state index in [1.807, 2.05) is 6.92 Å². The largest absolute Gasteiger partial charge is 0.465 e. The first-order valence-corrected chi connectivity index (χ1v) is 8.55. The van der Waals surface area contributed by atoms with E-state index in [2.05, 4.69) is 26.4 Å². The number of benzene rings is 1. The fourth-order valence-electron chi connectivity index (χ4n) is 1.94. The Morgan fingerprint density at radius 1 is 1.38 bits per heavy atom. The number of rotatable bonds is 5. The maximum Gasteiger partial charge on any atom is 0.345 e. The summed E-state index contributed by atoms with van der Waals surface area (Å²) in [5, 5.41) is 6.91. The van der Waals surface area contributed by atoms with E-state index in [1.165, 1.54) is 7.11 Å². The SMILES string of the molecule is CCC(Br)C(=O)Nc1onc(-c2c(Cl)cccc2Cl)c1C(=O)OC.